The minimum atomic E-state index is 0.889. The Morgan fingerprint density at radius 1 is 1.44 bits per heavy atom. The van der Waals surface area contributed by atoms with Gasteiger partial charge < -0.3 is 5.32 Å². The summed E-state index contributed by atoms with van der Waals surface area (Å²) in [5, 5.41) is 5.72. The first-order valence-corrected chi connectivity index (χ1v) is 8.61. The summed E-state index contributed by atoms with van der Waals surface area (Å²) < 4.78 is 1.25. The number of hydrogen-bond donors (Lipinski definition) is 1. The van der Waals surface area contributed by atoms with Gasteiger partial charge >= 0.3 is 0 Å². The Balaban J connectivity index is 1.86. The Morgan fingerprint density at radius 3 is 2.83 bits per heavy atom. The lowest BCUT2D eigenvalue weighted by molar-refractivity contribution is 0.199. The van der Waals surface area contributed by atoms with Crippen LogP contribution in [-0.2, 0) is 6.54 Å². The summed E-state index contributed by atoms with van der Waals surface area (Å²) in [5.41, 5.74) is 1.45. The highest BCUT2D eigenvalue weighted by Gasteiger charge is 2.17. The second-order valence-corrected chi connectivity index (χ2v) is 7.48. The van der Waals surface area contributed by atoms with E-state index in [1.165, 1.54) is 54.8 Å². The summed E-state index contributed by atoms with van der Waals surface area (Å²) in [7, 11) is 0. The SMILES string of the molecule is CCCN(Cc1csc(Br)c1)CC1CCNCC1. The van der Waals surface area contributed by atoms with Gasteiger partial charge in [0.2, 0.25) is 0 Å². The summed E-state index contributed by atoms with van der Waals surface area (Å²) in [4.78, 5) is 2.63. The topological polar surface area (TPSA) is 15.3 Å². The molecule has 0 spiro atoms. The van der Waals surface area contributed by atoms with Crippen LogP contribution in [0.3, 0.4) is 0 Å². The maximum Gasteiger partial charge on any atom is 0.0701 e. The molecule has 1 aliphatic heterocycles. The van der Waals surface area contributed by atoms with E-state index >= 15 is 0 Å². The molecule has 1 saturated heterocycles. The highest BCUT2D eigenvalue weighted by Crippen LogP contribution is 2.23. The van der Waals surface area contributed by atoms with Gasteiger partial charge in [-0.1, -0.05) is 6.92 Å². The first-order valence-electron chi connectivity index (χ1n) is 6.94. The van der Waals surface area contributed by atoms with Crippen LogP contribution in [-0.4, -0.2) is 31.1 Å². The van der Waals surface area contributed by atoms with Crippen molar-refractivity contribution in [3.8, 4) is 0 Å². The van der Waals surface area contributed by atoms with Gasteiger partial charge in [-0.3, -0.25) is 4.90 Å². The molecule has 0 unspecified atom stereocenters. The molecule has 1 aromatic heterocycles. The van der Waals surface area contributed by atoms with Crippen molar-refractivity contribution >= 4 is 27.3 Å². The minimum Gasteiger partial charge on any atom is -0.317 e. The van der Waals surface area contributed by atoms with Crippen LogP contribution < -0.4 is 5.32 Å². The predicted molar refractivity (Wildman–Crippen MR) is 83.2 cm³/mol. The molecule has 1 aliphatic rings. The third-order valence-corrected chi connectivity index (χ3v) is 5.10. The Kier molecular flexibility index (Phi) is 6.15. The van der Waals surface area contributed by atoms with Crippen molar-refractivity contribution in [2.45, 2.75) is 32.7 Å². The lowest BCUT2D eigenvalue weighted by Crippen LogP contribution is -2.36. The van der Waals surface area contributed by atoms with Gasteiger partial charge in [-0.2, -0.15) is 0 Å². The molecule has 2 heterocycles. The molecular weight excluding hydrogens is 308 g/mol. The number of halogens is 1. The van der Waals surface area contributed by atoms with Crippen LogP contribution in [0.2, 0.25) is 0 Å². The predicted octanol–water partition coefficient (Wildman–Crippen LogP) is 3.72. The number of rotatable bonds is 6. The molecule has 0 atom stereocenters. The highest BCUT2D eigenvalue weighted by molar-refractivity contribution is 9.11. The van der Waals surface area contributed by atoms with Gasteiger partial charge in [0, 0.05) is 13.1 Å². The molecule has 102 valence electrons. The zero-order valence-electron chi connectivity index (χ0n) is 11.1. The number of nitrogens with one attached hydrogen (secondary N) is 1. The fourth-order valence-corrected chi connectivity index (χ4v) is 3.87. The fourth-order valence-electron chi connectivity index (χ4n) is 2.67. The van der Waals surface area contributed by atoms with Crippen LogP contribution in [0, 0.1) is 5.92 Å². The average molecular weight is 331 g/mol. The molecule has 1 aromatic rings. The second kappa shape index (κ2) is 7.63. The lowest BCUT2D eigenvalue weighted by Gasteiger charge is -2.29. The van der Waals surface area contributed by atoms with Crippen molar-refractivity contribution in [1.29, 1.82) is 0 Å². The average Bonchev–Trinajstić information content (AvgIpc) is 2.76. The van der Waals surface area contributed by atoms with Gasteiger partial charge in [0.25, 0.3) is 0 Å². The Bertz CT molecular complexity index is 347. The zero-order chi connectivity index (χ0) is 12.8. The summed E-state index contributed by atoms with van der Waals surface area (Å²) in [6.45, 7) is 8.28. The van der Waals surface area contributed by atoms with Crippen molar-refractivity contribution in [3.05, 3.63) is 20.8 Å². The van der Waals surface area contributed by atoms with E-state index in [1.807, 2.05) is 0 Å². The highest BCUT2D eigenvalue weighted by atomic mass is 79.9. The van der Waals surface area contributed by atoms with Crippen molar-refractivity contribution in [2.75, 3.05) is 26.2 Å². The standard InChI is InChI=1S/C14H23BrN2S/c1-2-7-17(9-12-3-5-16-6-4-12)10-13-8-14(15)18-11-13/h8,11-12,16H,2-7,9-10H2,1H3. The van der Waals surface area contributed by atoms with E-state index < -0.39 is 0 Å². The molecule has 0 saturated carbocycles. The number of piperidine rings is 1. The molecule has 4 heteroatoms. The molecule has 0 radical (unpaired) electrons. The lowest BCUT2D eigenvalue weighted by atomic mass is 9.97. The Labute approximate surface area is 123 Å². The van der Waals surface area contributed by atoms with Crippen LogP contribution in [0.1, 0.15) is 31.7 Å². The molecule has 0 aromatic carbocycles. The molecule has 18 heavy (non-hydrogen) atoms. The van der Waals surface area contributed by atoms with Crippen LogP contribution in [0.15, 0.2) is 15.2 Å². The van der Waals surface area contributed by atoms with E-state index in [-0.39, 0.29) is 0 Å². The van der Waals surface area contributed by atoms with Crippen molar-refractivity contribution < 1.29 is 0 Å². The molecule has 0 amide bonds. The van der Waals surface area contributed by atoms with E-state index in [4.69, 9.17) is 0 Å². The van der Waals surface area contributed by atoms with E-state index in [0.717, 1.165) is 12.5 Å². The van der Waals surface area contributed by atoms with Gasteiger partial charge in [-0.15, -0.1) is 11.3 Å². The van der Waals surface area contributed by atoms with E-state index in [2.05, 4.69) is 44.5 Å². The van der Waals surface area contributed by atoms with Crippen LogP contribution in [0.4, 0.5) is 0 Å². The fraction of sp³-hybridized carbons (Fsp3) is 0.714. The van der Waals surface area contributed by atoms with Gasteiger partial charge in [0.05, 0.1) is 3.79 Å². The second-order valence-electron chi connectivity index (χ2n) is 5.19. The van der Waals surface area contributed by atoms with Gasteiger partial charge in [-0.05, 0) is 77.8 Å². The van der Waals surface area contributed by atoms with Crippen LogP contribution >= 0.6 is 27.3 Å². The summed E-state index contributed by atoms with van der Waals surface area (Å²) in [6, 6.07) is 2.26. The maximum absolute atomic E-state index is 3.55. The number of thiophene rings is 1. The third kappa shape index (κ3) is 4.65. The molecule has 0 aliphatic carbocycles. The Hall–Kier alpha value is 0.1000. The monoisotopic (exact) mass is 330 g/mol. The maximum atomic E-state index is 3.55. The first kappa shape index (κ1) is 14.5. The molecule has 2 nitrogen and oxygen atoms in total. The third-order valence-electron chi connectivity index (χ3n) is 3.54. The summed E-state index contributed by atoms with van der Waals surface area (Å²) in [6.07, 6.45) is 3.93. The van der Waals surface area contributed by atoms with E-state index in [0.29, 0.717) is 0 Å². The van der Waals surface area contributed by atoms with E-state index in [9.17, 15) is 0 Å². The van der Waals surface area contributed by atoms with E-state index in [1.54, 1.807) is 11.3 Å². The van der Waals surface area contributed by atoms with Crippen molar-refractivity contribution in [1.82, 2.24) is 10.2 Å². The van der Waals surface area contributed by atoms with Crippen LogP contribution in [0.5, 0.6) is 0 Å². The molecular formula is C14H23BrN2S. The van der Waals surface area contributed by atoms with Gasteiger partial charge in [-0.25, -0.2) is 0 Å². The normalized spacial score (nSPS) is 17.5. The molecule has 1 N–H and O–H groups in total. The largest absolute Gasteiger partial charge is 0.317 e. The van der Waals surface area contributed by atoms with Crippen LogP contribution in [0.25, 0.3) is 0 Å². The smallest absolute Gasteiger partial charge is 0.0701 e. The number of nitrogens with zero attached hydrogens (tertiary/aromatic N) is 1. The van der Waals surface area contributed by atoms with Gasteiger partial charge in [0.1, 0.15) is 0 Å². The quantitative estimate of drug-likeness (QED) is 0.855. The summed E-state index contributed by atoms with van der Waals surface area (Å²) in [5.74, 6) is 0.889. The van der Waals surface area contributed by atoms with Crippen molar-refractivity contribution in [3.63, 3.8) is 0 Å². The molecule has 1 fully saturated rings. The molecule has 2 rings (SSSR count). The first-order chi connectivity index (χ1) is 8.78. The Morgan fingerprint density at radius 2 is 2.22 bits per heavy atom. The zero-order valence-corrected chi connectivity index (χ0v) is 13.5. The summed E-state index contributed by atoms with van der Waals surface area (Å²) >= 11 is 5.34. The number of hydrogen-bond acceptors (Lipinski definition) is 3. The van der Waals surface area contributed by atoms with Crippen molar-refractivity contribution in [2.24, 2.45) is 5.92 Å². The molecule has 0 bridgehead atoms. The van der Waals surface area contributed by atoms with Gasteiger partial charge in [0.15, 0.2) is 0 Å². The minimum absolute atomic E-state index is 0.889.